The molecule has 0 unspecified atom stereocenters. The van der Waals surface area contributed by atoms with Gasteiger partial charge in [-0.25, -0.2) is 0 Å². The van der Waals surface area contributed by atoms with Crippen LogP contribution >= 0.6 is 0 Å². The fourth-order valence-electron chi connectivity index (χ4n) is 0.496. The highest BCUT2D eigenvalue weighted by atomic mass is 16.1. The molecule has 0 aromatic heterocycles. The third-order valence-electron chi connectivity index (χ3n) is 0.899. The van der Waals surface area contributed by atoms with Gasteiger partial charge in [0.15, 0.2) is 11.6 Å². The normalized spacial score (nSPS) is 18.2. The van der Waals surface area contributed by atoms with E-state index >= 15 is 0 Å². The van der Waals surface area contributed by atoms with Crippen molar-refractivity contribution < 1.29 is 9.59 Å². The number of carbonyl (C=O) groups is 2. The number of nitrogens with zero attached hydrogens (tertiary/aromatic N) is 1. The van der Waals surface area contributed by atoms with Crippen molar-refractivity contribution >= 4 is 17.8 Å². The Kier molecular flexibility index (Phi) is 1.53. The van der Waals surface area contributed by atoms with E-state index in [0.29, 0.717) is 0 Å². The van der Waals surface area contributed by atoms with Crippen molar-refractivity contribution in [1.29, 1.82) is 0 Å². The van der Waals surface area contributed by atoms with E-state index in [0.717, 1.165) is 6.21 Å². The van der Waals surface area contributed by atoms with Gasteiger partial charge in [0.25, 0.3) is 0 Å². The van der Waals surface area contributed by atoms with E-state index in [1.54, 1.807) is 0 Å². The average Bonchev–Trinajstić information content (AvgIpc) is 1.97. The molecule has 0 aromatic carbocycles. The monoisotopic (exact) mass is 123 g/mol. The fourth-order valence-corrected chi connectivity index (χ4v) is 0.496. The van der Waals surface area contributed by atoms with Crippen LogP contribution in [0.1, 0.15) is 0 Å². The summed E-state index contributed by atoms with van der Waals surface area (Å²) in [5.74, 6) is -0.349. The summed E-state index contributed by atoms with van der Waals surface area (Å²) in [6.45, 7) is 0.0994. The largest absolute Gasteiger partial charge is 0.293 e. The van der Waals surface area contributed by atoms with Crippen LogP contribution in [-0.4, -0.2) is 24.3 Å². The Morgan fingerprint density at radius 3 is 2.89 bits per heavy atom. The summed E-state index contributed by atoms with van der Waals surface area (Å²) in [5, 5.41) is 0. The first-order valence-electron chi connectivity index (χ1n) is 2.54. The molecule has 9 heavy (non-hydrogen) atoms. The maximum absolute atomic E-state index is 10.5. The van der Waals surface area contributed by atoms with Gasteiger partial charge in [0.1, 0.15) is 6.54 Å². The highest BCUT2D eigenvalue weighted by Gasteiger charge is 1.99. The van der Waals surface area contributed by atoms with Crippen molar-refractivity contribution in [2.24, 2.45) is 4.99 Å². The van der Waals surface area contributed by atoms with Crippen molar-refractivity contribution in [2.75, 3.05) is 6.54 Å². The lowest BCUT2D eigenvalue weighted by Gasteiger charge is -1.78. The van der Waals surface area contributed by atoms with Crippen molar-refractivity contribution in [3.63, 3.8) is 0 Å². The molecule has 0 saturated heterocycles. The van der Waals surface area contributed by atoms with Gasteiger partial charge >= 0.3 is 0 Å². The average molecular weight is 123 g/mol. The Balaban J connectivity index is 2.80. The number of hydrogen-bond acceptors (Lipinski definition) is 3. The van der Waals surface area contributed by atoms with Gasteiger partial charge in [-0.2, -0.15) is 0 Å². The van der Waals surface area contributed by atoms with Crippen molar-refractivity contribution in [2.45, 2.75) is 0 Å². The maximum Gasteiger partial charge on any atom is 0.196 e. The molecule has 0 radical (unpaired) electrons. The van der Waals surface area contributed by atoms with Gasteiger partial charge in [0, 0.05) is 0 Å². The lowest BCUT2D eigenvalue weighted by Crippen LogP contribution is -1.94. The van der Waals surface area contributed by atoms with Crippen LogP contribution in [0.2, 0.25) is 0 Å². The zero-order valence-electron chi connectivity index (χ0n) is 4.70. The molecule has 46 valence electrons. The van der Waals surface area contributed by atoms with Crippen LogP contribution in [0.5, 0.6) is 0 Å². The van der Waals surface area contributed by atoms with Crippen LogP contribution < -0.4 is 0 Å². The molecular weight excluding hydrogens is 118 g/mol. The van der Waals surface area contributed by atoms with E-state index in [1.807, 2.05) is 0 Å². The fraction of sp³-hybridized carbons (Fsp3) is 0.167. The molecule has 0 aromatic rings. The maximum atomic E-state index is 10.5. The molecule has 1 aliphatic heterocycles. The van der Waals surface area contributed by atoms with Crippen LogP contribution in [0.4, 0.5) is 0 Å². The molecule has 0 fully saturated rings. The minimum absolute atomic E-state index is 0.0994. The summed E-state index contributed by atoms with van der Waals surface area (Å²) in [7, 11) is 0. The van der Waals surface area contributed by atoms with E-state index in [2.05, 4.69) is 4.99 Å². The Morgan fingerprint density at radius 1 is 1.33 bits per heavy atom. The lowest BCUT2D eigenvalue weighted by molar-refractivity contribution is -0.113. The van der Waals surface area contributed by atoms with Crippen LogP contribution in [0.25, 0.3) is 0 Å². The van der Waals surface area contributed by atoms with Crippen LogP contribution in [0, 0.1) is 0 Å². The predicted octanol–water partition coefficient (Wildman–Crippen LogP) is -0.235. The second-order valence-electron chi connectivity index (χ2n) is 1.67. The summed E-state index contributed by atoms with van der Waals surface area (Å²) in [5.41, 5.74) is 0. The Hall–Kier alpha value is -1.25. The second-order valence-corrected chi connectivity index (χ2v) is 1.67. The number of rotatable bonds is 0. The van der Waals surface area contributed by atoms with E-state index in [1.165, 1.54) is 12.2 Å². The Bertz CT molecular complexity index is 203. The van der Waals surface area contributed by atoms with E-state index in [4.69, 9.17) is 0 Å². The first-order chi connectivity index (χ1) is 4.29. The predicted molar refractivity (Wildman–Crippen MR) is 32.5 cm³/mol. The summed E-state index contributed by atoms with van der Waals surface area (Å²) in [6, 6.07) is 0. The minimum Gasteiger partial charge on any atom is -0.293 e. The van der Waals surface area contributed by atoms with E-state index in [-0.39, 0.29) is 18.1 Å². The molecule has 0 atom stereocenters. The first-order valence-corrected chi connectivity index (χ1v) is 2.54. The molecule has 3 heteroatoms. The SMILES string of the molecule is O=C1C=CC(=O)CN=C1. The molecule has 1 heterocycles. The molecule has 0 spiro atoms. The minimum atomic E-state index is -0.221. The van der Waals surface area contributed by atoms with Gasteiger partial charge in [-0.3, -0.25) is 14.6 Å². The summed E-state index contributed by atoms with van der Waals surface area (Å²) in [4.78, 5) is 24.5. The standard InChI is InChI=1S/C6H5NO2/c8-5-1-2-6(9)4-7-3-5/h1-3H,4H2. The molecule has 0 aliphatic carbocycles. The van der Waals surface area contributed by atoms with Gasteiger partial charge in [-0.15, -0.1) is 0 Å². The third-order valence-corrected chi connectivity index (χ3v) is 0.899. The van der Waals surface area contributed by atoms with Crippen molar-refractivity contribution in [3.8, 4) is 0 Å². The Morgan fingerprint density at radius 2 is 2.11 bits per heavy atom. The van der Waals surface area contributed by atoms with Crippen molar-refractivity contribution in [1.82, 2.24) is 0 Å². The number of ketones is 2. The summed E-state index contributed by atoms with van der Waals surface area (Å²) >= 11 is 0. The Labute approximate surface area is 52.1 Å². The van der Waals surface area contributed by atoms with E-state index < -0.39 is 0 Å². The quantitative estimate of drug-likeness (QED) is 0.446. The summed E-state index contributed by atoms with van der Waals surface area (Å²) in [6.07, 6.45) is 3.62. The molecule has 0 amide bonds. The molecule has 3 nitrogen and oxygen atoms in total. The van der Waals surface area contributed by atoms with E-state index in [9.17, 15) is 9.59 Å². The smallest absolute Gasteiger partial charge is 0.196 e. The van der Waals surface area contributed by atoms with Crippen LogP contribution in [0.15, 0.2) is 17.1 Å². The third kappa shape index (κ3) is 1.60. The van der Waals surface area contributed by atoms with Gasteiger partial charge in [-0.1, -0.05) is 0 Å². The topological polar surface area (TPSA) is 46.5 Å². The molecular formula is C6H5NO2. The molecule has 1 rings (SSSR count). The molecule has 0 saturated carbocycles. The number of hydrogen-bond donors (Lipinski definition) is 0. The zero-order valence-corrected chi connectivity index (χ0v) is 4.70. The number of allylic oxidation sites excluding steroid dienone is 1. The zero-order chi connectivity index (χ0) is 6.69. The first kappa shape index (κ1) is 5.88. The molecule has 0 N–H and O–H groups in total. The van der Waals surface area contributed by atoms with Gasteiger partial charge in [0.2, 0.25) is 0 Å². The molecule has 0 bridgehead atoms. The number of carbonyl (C=O) groups excluding carboxylic acids is 2. The van der Waals surface area contributed by atoms with Crippen LogP contribution in [-0.2, 0) is 9.59 Å². The lowest BCUT2D eigenvalue weighted by atomic mass is 10.3. The highest BCUT2D eigenvalue weighted by Crippen LogP contribution is 1.85. The second kappa shape index (κ2) is 2.35. The molecule has 1 aliphatic rings. The van der Waals surface area contributed by atoms with Crippen molar-refractivity contribution in [3.05, 3.63) is 12.2 Å². The van der Waals surface area contributed by atoms with Crippen LogP contribution in [0.3, 0.4) is 0 Å². The number of aliphatic imine (C=N–C) groups is 1. The van der Waals surface area contributed by atoms with Gasteiger partial charge in [0.05, 0.1) is 6.21 Å². The van der Waals surface area contributed by atoms with Gasteiger partial charge in [-0.05, 0) is 12.2 Å². The highest BCUT2D eigenvalue weighted by molar-refractivity contribution is 6.34. The summed E-state index contributed by atoms with van der Waals surface area (Å²) < 4.78 is 0. The van der Waals surface area contributed by atoms with Gasteiger partial charge < -0.3 is 0 Å².